The van der Waals surface area contributed by atoms with Gasteiger partial charge in [-0.25, -0.2) is 0 Å². The van der Waals surface area contributed by atoms with Crippen molar-refractivity contribution in [2.24, 2.45) is 11.8 Å². The quantitative estimate of drug-likeness (QED) is 0.559. The minimum Gasteiger partial charge on any atom is -0.313 e. The molecule has 2 rings (SSSR count). The zero-order valence-electron chi connectivity index (χ0n) is 13.7. The summed E-state index contributed by atoms with van der Waals surface area (Å²) in [5, 5.41) is 3.59. The minimum atomic E-state index is 0.936. The van der Waals surface area contributed by atoms with Crippen LogP contribution in [0.1, 0.15) is 64.9 Å². The van der Waals surface area contributed by atoms with E-state index in [-0.39, 0.29) is 0 Å². The van der Waals surface area contributed by atoms with Gasteiger partial charge in [0.2, 0.25) is 0 Å². The predicted molar refractivity (Wildman–Crippen MR) is 89.9 cm³/mol. The third-order valence-corrected chi connectivity index (χ3v) is 4.40. The normalized spacial score (nSPS) is 22.6. The maximum absolute atomic E-state index is 3.59. The summed E-state index contributed by atoms with van der Waals surface area (Å²) < 4.78 is 0. The molecule has 1 saturated carbocycles. The van der Waals surface area contributed by atoms with Gasteiger partial charge in [-0.3, -0.25) is 0 Å². The first kappa shape index (κ1) is 17.2. The summed E-state index contributed by atoms with van der Waals surface area (Å²) in [6, 6.07) is 10.7. The summed E-state index contributed by atoms with van der Waals surface area (Å²) in [5.74, 6) is 1.89. The van der Waals surface area contributed by atoms with E-state index in [2.05, 4.69) is 42.6 Å². The second kappa shape index (κ2) is 10.9. The highest BCUT2D eigenvalue weighted by atomic mass is 14.8. The number of hydrogen-bond acceptors (Lipinski definition) is 1. The van der Waals surface area contributed by atoms with Crippen LogP contribution >= 0.6 is 0 Å². The van der Waals surface area contributed by atoms with Crippen molar-refractivity contribution in [2.45, 2.75) is 65.8 Å². The molecule has 0 amide bonds. The van der Waals surface area contributed by atoms with Crippen molar-refractivity contribution in [1.29, 1.82) is 0 Å². The Morgan fingerprint density at radius 3 is 2.45 bits per heavy atom. The summed E-state index contributed by atoms with van der Waals surface area (Å²) in [6.07, 6.45) is 8.62. The molecule has 1 N–H and O–H groups in total. The Labute approximate surface area is 126 Å². The Bertz CT molecular complexity index is 320. The SMILES string of the molecule is CC.CC1CCCCCC1CCNCc1ccccc1. The van der Waals surface area contributed by atoms with Crippen LogP contribution < -0.4 is 5.32 Å². The lowest BCUT2D eigenvalue weighted by Crippen LogP contribution is -2.20. The highest BCUT2D eigenvalue weighted by molar-refractivity contribution is 5.14. The summed E-state index contributed by atoms with van der Waals surface area (Å²) in [6.45, 7) is 8.64. The van der Waals surface area contributed by atoms with Gasteiger partial charge in [-0.1, -0.05) is 83.2 Å². The second-order valence-corrected chi connectivity index (χ2v) is 5.83. The number of nitrogens with one attached hydrogen (secondary N) is 1. The molecule has 1 aliphatic carbocycles. The standard InChI is InChI=1S/C17H27N.C2H6/c1-15-8-4-2-7-11-17(15)12-13-18-14-16-9-5-3-6-10-16;1-2/h3,5-6,9-10,15,17-18H,2,4,7-8,11-14H2,1H3;1-2H3. The van der Waals surface area contributed by atoms with Gasteiger partial charge in [0.15, 0.2) is 0 Å². The second-order valence-electron chi connectivity index (χ2n) is 5.83. The van der Waals surface area contributed by atoms with E-state index in [1.807, 2.05) is 13.8 Å². The summed E-state index contributed by atoms with van der Waals surface area (Å²) in [4.78, 5) is 0. The fourth-order valence-electron chi connectivity index (χ4n) is 3.11. The van der Waals surface area contributed by atoms with E-state index in [0.717, 1.165) is 18.4 Å². The Kier molecular flexibility index (Phi) is 9.40. The van der Waals surface area contributed by atoms with E-state index >= 15 is 0 Å². The summed E-state index contributed by atoms with van der Waals surface area (Å²) in [7, 11) is 0. The molecule has 114 valence electrons. The van der Waals surface area contributed by atoms with Crippen LogP contribution in [0.25, 0.3) is 0 Å². The Morgan fingerprint density at radius 1 is 1.00 bits per heavy atom. The van der Waals surface area contributed by atoms with Gasteiger partial charge in [0.05, 0.1) is 0 Å². The lowest BCUT2D eigenvalue weighted by molar-refractivity contribution is 0.313. The van der Waals surface area contributed by atoms with Crippen molar-refractivity contribution < 1.29 is 0 Å². The highest BCUT2D eigenvalue weighted by Gasteiger charge is 2.18. The molecule has 1 fully saturated rings. The lowest BCUT2D eigenvalue weighted by atomic mass is 9.87. The van der Waals surface area contributed by atoms with Gasteiger partial charge in [-0.2, -0.15) is 0 Å². The zero-order valence-corrected chi connectivity index (χ0v) is 13.7. The van der Waals surface area contributed by atoms with Crippen LogP contribution in [-0.2, 0) is 6.54 Å². The number of hydrogen-bond donors (Lipinski definition) is 1. The third kappa shape index (κ3) is 6.56. The molecule has 2 atom stereocenters. The molecule has 0 aliphatic heterocycles. The van der Waals surface area contributed by atoms with Gasteiger partial charge in [-0.05, 0) is 30.4 Å². The van der Waals surface area contributed by atoms with E-state index in [4.69, 9.17) is 0 Å². The Balaban J connectivity index is 0.000000956. The van der Waals surface area contributed by atoms with Crippen LogP contribution in [0, 0.1) is 11.8 Å². The van der Waals surface area contributed by atoms with Crippen LogP contribution in [0.3, 0.4) is 0 Å². The molecular weight excluding hydrogens is 242 g/mol. The topological polar surface area (TPSA) is 12.0 Å². The molecular formula is C19H33N. The molecule has 0 bridgehead atoms. The van der Waals surface area contributed by atoms with E-state index in [1.54, 1.807) is 0 Å². The Hall–Kier alpha value is -0.820. The van der Waals surface area contributed by atoms with Crippen LogP contribution in [-0.4, -0.2) is 6.54 Å². The number of rotatable bonds is 5. The zero-order chi connectivity index (χ0) is 14.6. The van der Waals surface area contributed by atoms with Gasteiger partial charge in [-0.15, -0.1) is 0 Å². The van der Waals surface area contributed by atoms with E-state index in [0.29, 0.717) is 0 Å². The monoisotopic (exact) mass is 275 g/mol. The first-order chi connectivity index (χ1) is 9.86. The van der Waals surface area contributed by atoms with E-state index in [1.165, 1.54) is 50.6 Å². The van der Waals surface area contributed by atoms with Crippen molar-refractivity contribution in [3.63, 3.8) is 0 Å². The fourth-order valence-corrected chi connectivity index (χ4v) is 3.11. The largest absolute Gasteiger partial charge is 0.313 e. The van der Waals surface area contributed by atoms with Gasteiger partial charge in [0.25, 0.3) is 0 Å². The van der Waals surface area contributed by atoms with Gasteiger partial charge >= 0.3 is 0 Å². The first-order valence-electron chi connectivity index (χ1n) is 8.61. The van der Waals surface area contributed by atoms with E-state index in [9.17, 15) is 0 Å². The third-order valence-electron chi connectivity index (χ3n) is 4.40. The molecule has 0 saturated heterocycles. The number of benzene rings is 1. The maximum Gasteiger partial charge on any atom is 0.0205 e. The van der Waals surface area contributed by atoms with Gasteiger partial charge in [0, 0.05) is 6.54 Å². The molecule has 0 heterocycles. The van der Waals surface area contributed by atoms with Crippen LogP contribution in [0.15, 0.2) is 30.3 Å². The maximum atomic E-state index is 3.59. The van der Waals surface area contributed by atoms with Crippen molar-refractivity contribution in [2.75, 3.05) is 6.54 Å². The van der Waals surface area contributed by atoms with Crippen molar-refractivity contribution >= 4 is 0 Å². The van der Waals surface area contributed by atoms with Crippen LogP contribution in [0.2, 0.25) is 0 Å². The molecule has 0 aromatic heterocycles. The van der Waals surface area contributed by atoms with Gasteiger partial charge in [0.1, 0.15) is 0 Å². The summed E-state index contributed by atoms with van der Waals surface area (Å²) >= 11 is 0. The summed E-state index contributed by atoms with van der Waals surface area (Å²) in [5.41, 5.74) is 1.39. The average molecular weight is 275 g/mol. The molecule has 1 aliphatic rings. The first-order valence-corrected chi connectivity index (χ1v) is 8.61. The average Bonchev–Trinajstić information content (AvgIpc) is 2.72. The lowest BCUT2D eigenvalue weighted by Gasteiger charge is -2.21. The molecule has 1 aromatic rings. The van der Waals surface area contributed by atoms with Crippen LogP contribution in [0.4, 0.5) is 0 Å². The highest BCUT2D eigenvalue weighted by Crippen LogP contribution is 2.30. The van der Waals surface area contributed by atoms with E-state index < -0.39 is 0 Å². The van der Waals surface area contributed by atoms with Crippen molar-refractivity contribution in [3.8, 4) is 0 Å². The fraction of sp³-hybridized carbons (Fsp3) is 0.684. The molecule has 1 aromatic carbocycles. The molecule has 0 radical (unpaired) electrons. The van der Waals surface area contributed by atoms with Gasteiger partial charge < -0.3 is 5.32 Å². The predicted octanol–water partition coefficient (Wildman–Crippen LogP) is 5.41. The van der Waals surface area contributed by atoms with Crippen molar-refractivity contribution in [1.82, 2.24) is 5.32 Å². The van der Waals surface area contributed by atoms with Crippen LogP contribution in [0.5, 0.6) is 0 Å². The molecule has 1 nitrogen and oxygen atoms in total. The van der Waals surface area contributed by atoms with Crippen molar-refractivity contribution in [3.05, 3.63) is 35.9 Å². The minimum absolute atomic E-state index is 0.936. The molecule has 2 unspecified atom stereocenters. The molecule has 0 spiro atoms. The molecule has 20 heavy (non-hydrogen) atoms. The smallest absolute Gasteiger partial charge is 0.0205 e. The Morgan fingerprint density at radius 2 is 1.70 bits per heavy atom. The molecule has 1 heteroatoms.